The van der Waals surface area contributed by atoms with Crippen molar-refractivity contribution in [3.63, 3.8) is 0 Å². The van der Waals surface area contributed by atoms with Gasteiger partial charge in [0.1, 0.15) is 5.76 Å². The lowest BCUT2D eigenvalue weighted by atomic mass is 10.1. The largest absolute Gasteiger partial charge is 0.361 e. The quantitative estimate of drug-likeness (QED) is 0.229. The van der Waals surface area contributed by atoms with E-state index in [4.69, 9.17) is 21.1 Å². The fraction of sp³-hybridized carbons (Fsp3) is 0.409. The third kappa shape index (κ3) is 6.70. The lowest BCUT2D eigenvalue weighted by Crippen LogP contribution is -2.40. The Kier molecular flexibility index (Phi) is 10.3. The molecular formula is C22H30ClIN6O. The zero-order chi connectivity index (χ0) is 21.3. The van der Waals surface area contributed by atoms with E-state index < -0.39 is 0 Å². The van der Waals surface area contributed by atoms with Crippen LogP contribution in [-0.4, -0.2) is 34.0 Å². The summed E-state index contributed by atoms with van der Waals surface area (Å²) in [6, 6.07) is 9.78. The molecule has 7 nitrogen and oxygen atoms in total. The van der Waals surface area contributed by atoms with Crippen LogP contribution in [-0.2, 0) is 19.4 Å². The van der Waals surface area contributed by atoms with Crippen molar-refractivity contribution in [2.45, 2.75) is 46.2 Å². The van der Waals surface area contributed by atoms with E-state index in [-0.39, 0.29) is 30.0 Å². The molecule has 0 saturated heterocycles. The maximum absolute atomic E-state index is 6.07. The first-order chi connectivity index (χ1) is 14.7. The van der Waals surface area contributed by atoms with Crippen molar-refractivity contribution < 1.29 is 4.52 Å². The zero-order valence-electron chi connectivity index (χ0n) is 18.1. The Morgan fingerprint density at radius 1 is 1.16 bits per heavy atom. The number of aryl methyl sites for hydroxylation is 2. The summed E-state index contributed by atoms with van der Waals surface area (Å²) in [6.07, 6.45) is 5.38. The first-order valence-electron chi connectivity index (χ1n) is 10.4. The van der Waals surface area contributed by atoms with Gasteiger partial charge in [-0.1, -0.05) is 42.7 Å². The topological polar surface area (TPSA) is 80.3 Å². The lowest BCUT2D eigenvalue weighted by molar-refractivity contribution is 0.380. The molecule has 2 N–H and O–H groups in total. The highest BCUT2D eigenvalue weighted by molar-refractivity contribution is 14.0. The van der Waals surface area contributed by atoms with Gasteiger partial charge in [0.2, 0.25) is 0 Å². The van der Waals surface area contributed by atoms with Gasteiger partial charge in [-0.3, -0.25) is 4.68 Å². The summed E-state index contributed by atoms with van der Waals surface area (Å²) in [4.78, 5) is 4.78. The predicted octanol–water partition coefficient (Wildman–Crippen LogP) is 4.61. The van der Waals surface area contributed by atoms with E-state index in [9.17, 15) is 0 Å². The minimum Gasteiger partial charge on any atom is -0.361 e. The van der Waals surface area contributed by atoms with E-state index in [1.165, 1.54) is 0 Å². The SMILES string of the molecule is CCNC(=NCc1c(CC)noc1CC)NCC(c1ccc(Cl)cc1)n1cccn1.I. The number of hydrogen-bond acceptors (Lipinski definition) is 4. The minimum absolute atomic E-state index is 0. The van der Waals surface area contributed by atoms with Crippen LogP contribution in [0.5, 0.6) is 0 Å². The van der Waals surface area contributed by atoms with Crippen LogP contribution in [0.4, 0.5) is 0 Å². The average molecular weight is 557 g/mol. The fourth-order valence-electron chi connectivity index (χ4n) is 3.32. The summed E-state index contributed by atoms with van der Waals surface area (Å²) in [5, 5.41) is 16.1. The van der Waals surface area contributed by atoms with Crippen LogP contribution >= 0.6 is 35.6 Å². The van der Waals surface area contributed by atoms with E-state index >= 15 is 0 Å². The van der Waals surface area contributed by atoms with Crippen LogP contribution in [0.15, 0.2) is 52.2 Å². The van der Waals surface area contributed by atoms with Crippen molar-refractivity contribution in [1.29, 1.82) is 0 Å². The molecule has 0 aliphatic rings. The average Bonchev–Trinajstić information content (AvgIpc) is 3.43. The van der Waals surface area contributed by atoms with Gasteiger partial charge in [-0.15, -0.1) is 24.0 Å². The third-order valence-electron chi connectivity index (χ3n) is 4.91. The zero-order valence-corrected chi connectivity index (χ0v) is 21.2. The molecule has 1 unspecified atom stereocenters. The second-order valence-electron chi connectivity index (χ2n) is 6.87. The molecule has 1 atom stereocenters. The van der Waals surface area contributed by atoms with Gasteiger partial charge < -0.3 is 15.2 Å². The second kappa shape index (κ2) is 12.7. The van der Waals surface area contributed by atoms with Crippen LogP contribution in [0.3, 0.4) is 0 Å². The van der Waals surface area contributed by atoms with Crippen LogP contribution in [0.1, 0.15) is 49.4 Å². The normalized spacial score (nSPS) is 12.3. The van der Waals surface area contributed by atoms with E-state index in [1.807, 2.05) is 41.2 Å². The number of nitrogens with zero attached hydrogens (tertiary/aromatic N) is 4. The van der Waals surface area contributed by atoms with E-state index in [2.05, 4.69) is 41.7 Å². The first-order valence-corrected chi connectivity index (χ1v) is 10.8. The standard InChI is InChI=1S/C22H29ClN6O.HI/c1-4-19-18(21(5-2)30-28-19)14-25-22(24-6-3)26-15-20(29-13-7-12-27-29)16-8-10-17(23)11-9-16;/h7-13,20H,4-6,14-15H2,1-3H3,(H2,24,25,26);1H. The first kappa shape index (κ1) is 25.2. The van der Waals surface area contributed by atoms with Crippen molar-refractivity contribution in [3.05, 3.63) is 70.3 Å². The molecule has 1 aromatic carbocycles. The molecule has 31 heavy (non-hydrogen) atoms. The number of hydrogen-bond donors (Lipinski definition) is 2. The van der Waals surface area contributed by atoms with E-state index in [1.54, 1.807) is 6.20 Å². The molecule has 2 aromatic heterocycles. The molecular weight excluding hydrogens is 527 g/mol. The summed E-state index contributed by atoms with van der Waals surface area (Å²) in [7, 11) is 0. The summed E-state index contributed by atoms with van der Waals surface area (Å²) in [5.74, 6) is 1.65. The molecule has 0 bridgehead atoms. The van der Waals surface area contributed by atoms with Crippen molar-refractivity contribution in [2.24, 2.45) is 4.99 Å². The number of aliphatic imine (C=N–C) groups is 1. The monoisotopic (exact) mass is 556 g/mol. The van der Waals surface area contributed by atoms with Gasteiger partial charge in [0.25, 0.3) is 0 Å². The van der Waals surface area contributed by atoms with Gasteiger partial charge in [-0.25, -0.2) is 4.99 Å². The summed E-state index contributed by atoms with van der Waals surface area (Å²) in [5.41, 5.74) is 3.17. The van der Waals surface area contributed by atoms with Gasteiger partial charge in [-0.05, 0) is 37.1 Å². The Hall–Kier alpha value is -2.07. The van der Waals surface area contributed by atoms with E-state index in [0.29, 0.717) is 18.1 Å². The molecule has 0 fully saturated rings. The summed E-state index contributed by atoms with van der Waals surface area (Å²) in [6.45, 7) is 8.12. The molecule has 0 spiro atoms. The molecule has 2 heterocycles. The maximum atomic E-state index is 6.07. The second-order valence-corrected chi connectivity index (χ2v) is 7.30. The van der Waals surface area contributed by atoms with Crippen molar-refractivity contribution in [2.75, 3.05) is 13.1 Å². The van der Waals surface area contributed by atoms with Crippen molar-refractivity contribution >= 4 is 41.5 Å². The van der Waals surface area contributed by atoms with E-state index in [0.717, 1.165) is 47.9 Å². The molecule has 0 radical (unpaired) electrons. The van der Waals surface area contributed by atoms with Gasteiger partial charge in [0.15, 0.2) is 5.96 Å². The fourth-order valence-corrected chi connectivity index (χ4v) is 3.45. The Labute approximate surface area is 205 Å². The number of rotatable bonds is 9. The van der Waals surface area contributed by atoms with Gasteiger partial charge >= 0.3 is 0 Å². The highest BCUT2D eigenvalue weighted by atomic mass is 127. The maximum Gasteiger partial charge on any atom is 0.191 e. The Balaban J connectivity index is 0.00000341. The Bertz CT molecular complexity index is 918. The highest BCUT2D eigenvalue weighted by Gasteiger charge is 2.16. The summed E-state index contributed by atoms with van der Waals surface area (Å²) >= 11 is 6.07. The van der Waals surface area contributed by atoms with Gasteiger partial charge in [0, 0.05) is 42.5 Å². The van der Waals surface area contributed by atoms with Crippen molar-refractivity contribution in [1.82, 2.24) is 25.6 Å². The molecule has 0 aliphatic carbocycles. The van der Waals surface area contributed by atoms with Crippen molar-refractivity contribution in [3.8, 4) is 0 Å². The molecule has 3 rings (SSSR count). The number of nitrogens with one attached hydrogen (secondary N) is 2. The lowest BCUT2D eigenvalue weighted by Gasteiger charge is -2.20. The third-order valence-corrected chi connectivity index (χ3v) is 5.16. The molecule has 0 amide bonds. The number of benzene rings is 1. The minimum atomic E-state index is 0. The van der Waals surface area contributed by atoms with Gasteiger partial charge in [-0.2, -0.15) is 5.10 Å². The van der Waals surface area contributed by atoms with Crippen LogP contribution in [0, 0.1) is 0 Å². The predicted molar refractivity (Wildman–Crippen MR) is 135 cm³/mol. The Morgan fingerprint density at radius 3 is 2.55 bits per heavy atom. The number of guanidine groups is 1. The molecule has 0 aliphatic heterocycles. The van der Waals surface area contributed by atoms with Gasteiger partial charge in [0.05, 0.1) is 18.3 Å². The Morgan fingerprint density at radius 2 is 1.94 bits per heavy atom. The number of halogens is 2. The molecule has 3 aromatic rings. The smallest absolute Gasteiger partial charge is 0.191 e. The molecule has 168 valence electrons. The van der Waals surface area contributed by atoms with Crippen LogP contribution < -0.4 is 10.6 Å². The van der Waals surface area contributed by atoms with Crippen LogP contribution in [0.25, 0.3) is 0 Å². The number of aromatic nitrogens is 3. The molecule has 9 heteroatoms. The molecule has 0 saturated carbocycles. The van der Waals surface area contributed by atoms with Crippen LogP contribution in [0.2, 0.25) is 5.02 Å². The highest BCUT2D eigenvalue weighted by Crippen LogP contribution is 2.20. The summed E-state index contributed by atoms with van der Waals surface area (Å²) < 4.78 is 7.39.